The second-order valence-electron chi connectivity index (χ2n) is 16.6. The number of carboxylic acids is 1. The molecule has 0 rings (SSSR count). The Labute approximate surface area is 333 Å². The molecule has 2 atom stereocenters. The minimum atomic E-state index is -1.12. The molecule has 0 fully saturated rings. The van der Waals surface area contributed by atoms with Crippen LogP contribution in [0.4, 0.5) is 0 Å². The van der Waals surface area contributed by atoms with Gasteiger partial charge in [-0.1, -0.05) is 167 Å². The lowest BCUT2D eigenvalue weighted by atomic mass is 10.1. The average Bonchev–Trinajstić information content (AvgIpc) is 3.12. The number of carboxylic acid groups (broad SMARTS) is 1. The van der Waals surface area contributed by atoms with Crippen molar-refractivity contribution in [3.05, 3.63) is 12.2 Å². The number of esters is 2. The predicted octanol–water partition coefficient (Wildman–Crippen LogP) is 11.0. The van der Waals surface area contributed by atoms with Crippen molar-refractivity contribution in [2.45, 2.75) is 225 Å². The monoisotopic (exact) mass is 766 g/mol. The molecule has 8 nitrogen and oxygen atoms in total. The van der Waals surface area contributed by atoms with Gasteiger partial charge in [0.25, 0.3) is 0 Å². The minimum Gasteiger partial charge on any atom is -0.544 e. The summed E-state index contributed by atoms with van der Waals surface area (Å²) in [7, 11) is 5.41. The van der Waals surface area contributed by atoms with Crippen LogP contribution in [0.15, 0.2) is 12.2 Å². The Balaban J connectivity index is 4.21. The molecular weight excluding hydrogens is 679 g/mol. The van der Waals surface area contributed by atoms with Crippen LogP contribution in [-0.4, -0.2) is 75.5 Å². The van der Waals surface area contributed by atoms with Crippen molar-refractivity contribution in [3.8, 4) is 0 Å². The van der Waals surface area contributed by atoms with E-state index in [1.807, 2.05) is 0 Å². The van der Waals surface area contributed by atoms with E-state index in [-0.39, 0.29) is 42.7 Å². The van der Waals surface area contributed by atoms with E-state index in [9.17, 15) is 19.5 Å². The van der Waals surface area contributed by atoms with Crippen LogP contribution in [0, 0.1) is 0 Å². The molecule has 2 unspecified atom stereocenters. The number of carbonyl (C=O) groups is 3. The molecule has 0 N–H and O–H groups in total. The summed E-state index contributed by atoms with van der Waals surface area (Å²) in [5.74, 6) is -1.73. The van der Waals surface area contributed by atoms with E-state index >= 15 is 0 Å². The molecular formula is C46H87NO7. The lowest BCUT2D eigenvalue weighted by Gasteiger charge is -2.34. The molecule has 0 spiro atoms. The van der Waals surface area contributed by atoms with Gasteiger partial charge in [0, 0.05) is 19.3 Å². The molecule has 318 valence electrons. The van der Waals surface area contributed by atoms with Crippen molar-refractivity contribution in [2.24, 2.45) is 0 Å². The number of allylic oxidation sites excluding steroid dienone is 2. The zero-order valence-corrected chi connectivity index (χ0v) is 36.2. The molecule has 0 aliphatic heterocycles. The summed E-state index contributed by atoms with van der Waals surface area (Å²) in [5, 5.41) is 11.6. The maximum Gasteiger partial charge on any atom is 0.306 e. The first-order valence-corrected chi connectivity index (χ1v) is 22.7. The summed E-state index contributed by atoms with van der Waals surface area (Å²) >= 11 is 0. The highest BCUT2D eigenvalue weighted by Gasteiger charge is 2.25. The quantitative estimate of drug-likeness (QED) is 0.0264. The van der Waals surface area contributed by atoms with Gasteiger partial charge in [0.1, 0.15) is 12.6 Å². The van der Waals surface area contributed by atoms with Gasteiger partial charge in [-0.05, 0) is 38.5 Å². The van der Waals surface area contributed by atoms with Crippen LogP contribution in [0.2, 0.25) is 0 Å². The zero-order valence-electron chi connectivity index (χ0n) is 36.2. The fourth-order valence-electron chi connectivity index (χ4n) is 6.83. The molecule has 54 heavy (non-hydrogen) atoms. The third-order valence-electron chi connectivity index (χ3n) is 10.4. The standard InChI is InChI=1S/C46H87NO7/c1-6-8-10-12-14-16-17-18-19-20-21-22-23-24-25-26-27-29-31-33-35-37-45(49)54-42(40-52-39-38-43(46(50)51)47(3,4)5)41-53-44(48)36-34-32-30-28-15-13-11-9-7-2/h22-23,42-43H,6-21,24-41H2,1-5H3/b23-22+. The van der Waals surface area contributed by atoms with Crippen LogP contribution in [0.1, 0.15) is 213 Å². The van der Waals surface area contributed by atoms with Gasteiger partial charge >= 0.3 is 11.9 Å². The summed E-state index contributed by atoms with van der Waals surface area (Å²) in [4.78, 5) is 36.7. The fourth-order valence-corrected chi connectivity index (χ4v) is 6.83. The third kappa shape index (κ3) is 35.8. The number of unbranched alkanes of at least 4 members (excludes halogenated alkanes) is 25. The van der Waals surface area contributed by atoms with Crippen molar-refractivity contribution in [1.29, 1.82) is 0 Å². The third-order valence-corrected chi connectivity index (χ3v) is 10.4. The highest BCUT2D eigenvalue weighted by molar-refractivity contribution is 5.70. The van der Waals surface area contributed by atoms with Crippen molar-refractivity contribution >= 4 is 17.9 Å². The average molecular weight is 766 g/mol. The first-order chi connectivity index (χ1) is 26.1. The number of hydrogen-bond acceptors (Lipinski definition) is 7. The fraction of sp³-hybridized carbons (Fsp3) is 0.891. The van der Waals surface area contributed by atoms with Gasteiger partial charge in [0.2, 0.25) is 0 Å². The van der Waals surface area contributed by atoms with Crippen LogP contribution >= 0.6 is 0 Å². The first-order valence-electron chi connectivity index (χ1n) is 22.7. The van der Waals surface area contributed by atoms with Gasteiger partial charge in [-0.2, -0.15) is 0 Å². The van der Waals surface area contributed by atoms with E-state index in [1.54, 1.807) is 21.1 Å². The lowest BCUT2D eigenvalue weighted by Crippen LogP contribution is -2.55. The molecule has 0 aliphatic rings. The van der Waals surface area contributed by atoms with Gasteiger partial charge in [0.05, 0.1) is 40.3 Å². The van der Waals surface area contributed by atoms with Crippen LogP contribution in [0.5, 0.6) is 0 Å². The molecule has 0 saturated carbocycles. The highest BCUT2D eigenvalue weighted by Crippen LogP contribution is 2.15. The SMILES string of the molecule is CCCCCCCCCCCC/C=C/CCCCCCCCCC(=O)OC(COCCC(C(=O)[O-])[N+](C)(C)C)COC(=O)CCCCCCCCCCC. The minimum absolute atomic E-state index is 0.0441. The Morgan fingerprint density at radius 3 is 1.33 bits per heavy atom. The zero-order chi connectivity index (χ0) is 40.0. The largest absolute Gasteiger partial charge is 0.544 e. The number of quaternary nitrogens is 1. The normalized spacial score (nSPS) is 13.0. The molecule has 0 aromatic heterocycles. The Hall–Kier alpha value is -1.93. The van der Waals surface area contributed by atoms with E-state index in [0.29, 0.717) is 12.8 Å². The van der Waals surface area contributed by atoms with Crippen molar-refractivity contribution in [2.75, 3.05) is 41.0 Å². The number of ether oxygens (including phenoxy) is 3. The van der Waals surface area contributed by atoms with E-state index in [4.69, 9.17) is 14.2 Å². The van der Waals surface area contributed by atoms with Crippen molar-refractivity contribution in [1.82, 2.24) is 0 Å². The summed E-state index contributed by atoms with van der Waals surface area (Å²) < 4.78 is 17.1. The summed E-state index contributed by atoms with van der Waals surface area (Å²) in [6, 6.07) is -0.721. The van der Waals surface area contributed by atoms with Crippen LogP contribution in [0.3, 0.4) is 0 Å². The Morgan fingerprint density at radius 1 is 0.537 bits per heavy atom. The Kier molecular flexibility index (Phi) is 36.6. The van der Waals surface area contributed by atoms with E-state index in [1.165, 1.54) is 141 Å². The van der Waals surface area contributed by atoms with E-state index < -0.39 is 18.1 Å². The maximum atomic E-state index is 12.7. The lowest BCUT2D eigenvalue weighted by molar-refractivity contribution is -0.889. The molecule has 0 radical (unpaired) electrons. The van der Waals surface area contributed by atoms with Gasteiger partial charge in [-0.15, -0.1) is 0 Å². The molecule has 8 heteroatoms. The highest BCUT2D eigenvalue weighted by atomic mass is 16.6. The summed E-state index contributed by atoms with van der Waals surface area (Å²) in [5.41, 5.74) is 0. The number of hydrogen-bond donors (Lipinski definition) is 0. The molecule has 0 aromatic carbocycles. The Morgan fingerprint density at radius 2 is 0.926 bits per heavy atom. The van der Waals surface area contributed by atoms with Crippen molar-refractivity contribution < 1.29 is 38.2 Å². The van der Waals surface area contributed by atoms with Gasteiger partial charge < -0.3 is 28.6 Å². The predicted molar refractivity (Wildman–Crippen MR) is 222 cm³/mol. The molecule has 0 heterocycles. The van der Waals surface area contributed by atoms with E-state index in [0.717, 1.165) is 38.5 Å². The number of aliphatic carboxylic acids is 1. The second kappa shape index (κ2) is 38.0. The van der Waals surface area contributed by atoms with Crippen molar-refractivity contribution in [3.63, 3.8) is 0 Å². The summed E-state index contributed by atoms with van der Waals surface area (Å²) in [6.45, 7) is 4.66. The molecule has 0 aliphatic carbocycles. The molecule has 0 amide bonds. The van der Waals surface area contributed by atoms with Gasteiger partial charge in [-0.25, -0.2) is 0 Å². The molecule has 0 bridgehead atoms. The number of carbonyl (C=O) groups excluding carboxylic acids is 3. The summed E-state index contributed by atoms with van der Waals surface area (Å²) in [6.07, 6.45) is 39.6. The first kappa shape index (κ1) is 52.1. The number of rotatable bonds is 41. The van der Waals surface area contributed by atoms with Crippen LogP contribution in [-0.2, 0) is 28.6 Å². The second-order valence-corrected chi connectivity index (χ2v) is 16.6. The van der Waals surface area contributed by atoms with Gasteiger partial charge in [-0.3, -0.25) is 9.59 Å². The Bertz CT molecular complexity index is 900. The number of likely N-dealkylation sites (N-methyl/N-ethyl adjacent to an activating group) is 1. The number of nitrogens with zero attached hydrogens (tertiary/aromatic N) is 1. The smallest absolute Gasteiger partial charge is 0.306 e. The van der Waals surface area contributed by atoms with Crippen LogP contribution < -0.4 is 5.11 Å². The molecule has 0 saturated heterocycles. The molecule has 0 aromatic rings. The topological polar surface area (TPSA) is 102 Å². The maximum absolute atomic E-state index is 12.7. The van der Waals surface area contributed by atoms with Crippen LogP contribution in [0.25, 0.3) is 0 Å². The van der Waals surface area contributed by atoms with E-state index in [2.05, 4.69) is 26.0 Å². The van der Waals surface area contributed by atoms with Gasteiger partial charge in [0.15, 0.2) is 6.10 Å².